The zero-order chi connectivity index (χ0) is 16.2. The molecule has 2 heterocycles. The monoisotopic (exact) mass is 324 g/mol. The molecule has 1 aliphatic rings. The van der Waals surface area contributed by atoms with E-state index in [1.165, 1.54) is 6.26 Å². The number of amides is 2. The molecule has 1 saturated heterocycles. The van der Waals surface area contributed by atoms with Crippen LogP contribution >= 0.6 is 11.8 Å². The van der Waals surface area contributed by atoms with Crippen molar-refractivity contribution in [2.45, 2.75) is 44.4 Å². The normalized spacial score (nSPS) is 16.6. The molecule has 0 aliphatic carbocycles. The molecule has 0 spiro atoms. The number of piperidine rings is 1. The largest absolute Gasteiger partial charge is 0.459 e. The van der Waals surface area contributed by atoms with Crippen LogP contribution in [0.15, 0.2) is 22.8 Å². The van der Waals surface area contributed by atoms with Crippen LogP contribution in [0.4, 0.5) is 0 Å². The number of carbonyl (C=O) groups excluding carboxylic acids is 2. The minimum absolute atomic E-state index is 0.0712. The van der Waals surface area contributed by atoms with Gasteiger partial charge in [-0.3, -0.25) is 9.59 Å². The van der Waals surface area contributed by atoms with Crippen LogP contribution in [0.25, 0.3) is 0 Å². The molecule has 6 heteroatoms. The Morgan fingerprint density at radius 3 is 2.59 bits per heavy atom. The molecule has 1 aromatic rings. The van der Waals surface area contributed by atoms with E-state index >= 15 is 0 Å². The summed E-state index contributed by atoms with van der Waals surface area (Å²) in [7, 11) is 0. The molecule has 2 amide bonds. The number of likely N-dealkylation sites (tertiary alicyclic amines) is 1. The molecule has 0 unspecified atom stereocenters. The fourth-order valence-corrected chi connectivity index (χ4v) is 2.98. The lowest BCUT2D eigenvalue weighted by Gasteiger charge is -2.32. The van der Waals surface area contributed by atoms with E-state index in [1.807, 2.05) is 0 Å². The third-order valence-electron chi connectivity index (χ3n) is 3.52. The molecule has 1 fully saturated rings. The van der Waals surface area contributed by atoms with Gasteiger partial charge in [-0.25, -0.2) is 0 Å². The van der Waals surface area contributed by atoms with Crippen molar-refractivity contribution >= 4 is 23.6 Å². The van der Waals surface area contributed by atoms with Gasteiger partial charge in [0.1, 0.15) is 0 Å². The van der Waals surface area contributed by atoms with E-state index in [1.54, 1.807) is 28.8 Å². The highest BCUT2D eigenvalue weighted by Crippen LogP contribution is 2.22. The van der Waals surface area contributed by atoms with E-state index in [2.05, 4.69) is 26.1 Å². The summed E-state index contributed by atoms with van der Waals surface area (Å²) in [6.07, 6.45) is 3.09. The quantitative estimate of drug-likeness (QED) is 0.924. The average Bonchev–Trinajstić information content (AvgIpc) is 2.99. The van der Waals surface area contributed by atoms with E-state index < -0.39 is 0 Å². The Morgan fingerprint density at radius 1 is 1.36 bits per heavy atom. The topological polar surface area (TPSA) is 62.6 Å². The first-order chi connectivity index (χ1) is 10.3. The van der Waals surface area contributed by atoms with E-state index in [0.29, 0.717) is 24.6 Å². The summed E-state index contributed by atoms with van der Waals surface area (Å²) in [6, 6.07) is 3.56. The van der Waals surface area contributed by atoms with Crippen molar-refractivity contribution in [3.05, 3.63) is 24.2 Å². The molecular weight excluding hydrogens is 300 g/mol. The van der Waals surface area contributed by atoms with Crippen LogP contribution in [-0.4, -0.2) is 46.3 Å². The van der Waals surface area contributed by atoms with Crippen molar-refractivity contribution in [2.24, 2.45) is 0 Å². The molecule has 0 aromatic carbocycles. The maximum atomic E-state index is 12.1. The number of carbonyl (C=O) groups is 2. The SMILES string of the molecule is CC(C)(C)SCC(=O)NC1CCN(C(=O)c2ccco2)CC1. The van der Waals surface area contributed by atoms with Crippen molar-refractivity contribution in [2.75, 3.05) is 18.8 Å². The van der Waals surface area contributed by atoms with Crippen molar-refractivity contribution in [3.8, 4) is 0 Å². The van der Waals surface area contributed by atoms with Gasteiger partial charge in [0.2, 0.25) is 5.91 Å². The highest BCUT2D eigenvalue weighted by molar-refractivity contribution is 8.01. The van der Waals surface area contributed by atoms with Crippen LogP contribution in [0, 0.1) is 0 Å². The maximum absolute atomic E-state index is 12.1. The van der Waals surface area contributed by atoms with E-state index in [0.717, 1.165) is 12.8 Å². The summed E-state index contributed by atoms with van der Waals surface area (Å²) in [5.41, 5.74) is 0. The van der Waals surface area contributed by atoms with Crippen LogP contribution < -0.4 is 5.32 Å². The smallest absolute Gasteiger partial charge is 0.289 e. The molecule has 1 aromatic heterocycles. The maximum Gasteiger partial charge on any atom is 0.289 e. The standard InChI is InChI=1S/C16H24N2O3S/c1-16(2,3)22-11-14(19)17-12-6-8-18(9-7-12)15(20)13-5-4-10-21-13/h4-5,10,12H,6-9,11H2,1-3H3,(H,17,19). The summed E-state index contributed by atoms with van der Waals surface area (Å²) in [5, 5.41) is 3.06. The Kier molecular flexibility index (Phi) is 5.56. The zero-order valence-electron chi connectivity index (χ0n) is 13.4. The Balaban J connectivity index is 1.73. The number of rotatable bonds is 4. The second kappa shape index (κ2) is 7.22. The Bertz CT molecular complexity index is 500. The molecular formula is C16H24N2O3S. The lowest BCUT2D eigenvalue weighted by molar-refractivity contribution is -0.119. The fourth-order valence-electron chi connectivity index (χ4n) is 2.33. The molecule has 122 valence electrons. The van der Waals surface area contributed by atoms with Crippen LogP contribution in [-0.2, 0) is 4.79 Å². The Hall–Kier alpha value is -1.43. The van der Waals surface area contributed by atoms with E-state index in [4.69, 9.17) is 4.42 Å². The van der Waals surface area contributed by atoms with Gasteiger partial charge in [0.05, 0.1) is 12.0 Å². The summed E-state index contributed by atoms with van der Waals surface area (Å²) >= 11 is 1.64. The molecule has 0 saturated carbocycles. The average molecular weight is 324 g/mol. The second-order valence-corrected chi connectivity index (χ2v) is 8.31. The first-order valence-corrected chi connectivity index (χ1v) is 8.60. The molecule has 0 atom stereocenters. The van der Waals surface area contributed by atoms with Gasteiger partial charge in [0.25, 0.3) is 5.91 Å². The lowest BCUT2D eigenvalue weighted by Crippen LogP contribution is -2.47. The van der Waals surface area contributed by atoms with Gasteiger partial charge >= 0.3 is 0 Å². The van der Waals surface area contributed by atoms with Gasteiger partial charge in [-0.05, 0) is 25.0 Å². The van der Waals surface area contributed by atoms with E-state index in [-0.39, 0.29) is 22.6 Å². The third-order valence-corrected chi connectivity index (χ3v) is 4.79. The first-order valence-electron chi connectivity index (χ1n) is 7.61. The van der Waals surface area contributed by atoms with Crippen molar-refractivity contribution in [1.29, 1.82) is 0 Å². The molecule has 0 bridgehead atoms. The lowest BCUT2D eigenvalue weighted by atomic mass is 10.0. The predicted octanol–water partition coefficient (Wildman–Crippen LogP) is 2.53. The number of thioether (sulfide) groups is 1. The Labute approximate surface area is 135 Å². The van der Waals surface area contributed by atoms with E-state index in [9.17, 15) is 9.59 Å². The molecule has 1 aliphatic heterocycles. The molecule has 0 radical (unpaired) electrons. The van der Waals surface area contributed by atoms with Crippen LogP contribution in [0.2, 0.25) is 0 Å². The van der Waals surface area contributed by atoms with Gasteiger partial charge in [-0.2, -0.15) is 0 Å². The van der Waals surface area contributed by atoms with Gasteiger partial charge in [0, 0.05) is 23.9 Å². The second-order valence-electron chi connectivity index (χ2n) is 6.51. The van der Waals surface area contributed by atoms with Gasteiger partial charge in [-0.15, -0.1) is 11.8 Å². The summed E-state index contributed by atoms with van der Waals surface area (Å²) in [5.74, 6) is 0.868. The number of hydrogen-bond donors (Lipinski definition) is 1. The summed E-state index contributed by atoms with van der Waals surface area (Å²) in [4.78, 5) is 25.9. The van der Waals surface area contributed by atoms with Gasteiger partial charge in [-0.1, -0.05) is 20.8 Å². The molecule has 1 N–H and O–H groups in total. The molecule has 5 nitrogen and oxygen atoms in total. The number of hydrogen-bond acceptors (Lipinski definition) is 4. The number of nitrogens with one attached hydrogen (secondary N) is 1. The predicted molar refractivity (Wildman–Crippen MR) is 88.0 cm³/mol. The molecule has 2 rings (SSSR count). The third kappa shape index (κ3) is 5.09. The first kappa shape index (κ1) is 16.9. The van der Waals surface area contributed by atoms with Crippen molar-refractivity contribution < 1.29 is 14.0 Å². The molecule has 22 heavy (non-hydrogen) atoms. The summed E-state index contributed by atoms with van der Waals surface area (Å²) in [6.45, 7) is 7.60. The fraction of sp³-hybridized carbons (Fsp3) is 0.625. The highest BCUT2D eigenvalue weighted by Gasteiger charge is 2.26. The Morgan fingerprint density at radius 2 is 2.05 bits per heavy atom. The minimum atomic E-state index is -0.0712. The summed E-state index contributed by atoms with van der Waals surface area (Å²) < 4.78 is 5.23. The van der Waals surface area contributed by atoms with Crippen molar-refractivity contribution in [1.82, 2.24) is 10.2 Å². The highest BCUT2D eigenvalue weighted by atomic mass is 32.2. The van der Waals surface area contributed by atoms with Crippen LogP contribution in [0.1, 0.15) is 44.2 Å². The van der Waals surface area contributed by atoms with Crippen molar-refractivity contribution in [3.63, 3.8) is 0 Å². The van der Waals surface area contributed by atoms with Gasteiger partial charge < -0.3 is 14.6 Å². The minimum Gasteiger partial charge on any atom is -0.459 e. The van der Waals surface area contributed by atoms with Gasteiger partial charge in [0.15, 0.2) is 5.76 Å². The van der Waals surface area contributed by atoms with Crippen LogP contribution in [0.3, 0.4) is 0 Å². The number of nitrogens with zero attached hydrogens (tertiary/aromatic N) is 1. The van der Waals surface area contributed by atoms with Crippen LogP contribution in [0.5, 0.6) is 0 Å². The zero-order valence-corrected chi connectivity index (χ0v) is 14.2. The number of furan rings is 1.